The van der Waals surface area contributed by atoms with Crippen LogP contribution in [0.3, 0.4) is 0 Å². The van der Waals surface area contributed by atoms with Crippen LogP contribution in [0.4, 0.5) is 35.0 Å². The lowest BCUT2D eigenvalue weighted by molar-refractivity contribution is -0.137. The molecule has 40 heavy (non-hydrogen) atoms. The third kappa shape index (κ3) is 6.16. The van der Waals surface area contributed by atoms with Crippen molar-refractivity contribution in [2.75, 3.05) is 20.5 Å². The molecule has 2 heterocycles. The molecule has 0 saturated heterocycles. The Morgan fingerprint density at radius 3 is 2.55 bits per heavy atom. The first-order chi connectivity index (χ1) is 18.8. The molecule has 0 fully saturated rings. The van der Waals surface area contributed by atoms with Crippen molar-refractivity contribution < 1.29 is 49.8 Å². The van der Waals surface area contributed by atoms with Crippen molar-refractivity contribution >= 4 is 50.4 Å². The number of aromatic nitrogens is 1. The first-order valence-corrected chi connectivity index (χ1v) is 13.6. The van der Waals surface area contributed by atoms with Gasteiger partial charge in [-0.25, -0.2) is 21.7 Å². The molecule has 3 aromatic rings. The van der Waals surface area contributed by atoms with Crippen LogP contribution in [0.2, 0.25) is 0 Å². The SMILES string of the molecule is O=C(O)Nc1ccc2c(c1)N(S(=O)(=O)c1cccc(C(F)(F)F)c1)CC(CC(=O)N(c1cccnc1)S(=O)O)O2. The Labute approximate surface area is 227 Å². The summed E-state index contributed by atoms with van der Waals surface area (Å²) < 4.78 is 95.8. The largest absolute Gasteiger partial charge is 0.486 e. The highest BCUT2D eigenvalue weighted by molar-refractivity contribution is 7.92. The Morgan fingerprint density at radius 1 is 1.18 bits per heavy atom. The molecule has 1 aliphatic heterocycles. The molecular formula is C23H19F3N4O8S2. The minimum atomic E-state index is -4.84. The highest BCUT2D eigenvalue weighted by Gasteiger charge is 2.38. The number of rotatable bonds is 7. The molecule has 0 bridgehead atoms. The van der Waals surface area contributed by atoms with Gasteiger partial charge in [0.2, 0.25) is 5.91 Å². The Morgan fingerprint density at radius 2 is 1.93 bits per heavy atom. The van der Waals surface area contributed by atoms with E-state index in [1.165, 1.54) is 30.5 Å². The molecular weight excluding hydrogens is 581 g/mol. The van der Waals surface area contributed by atoms with Gasteiger partial charge in [-0.2, -0.15) is 13.2 Å². The van der Waals surface area contributed by atoms with Crippen LogP contribution in [0.15, 0.2) is 71.9 Å². The molecule has 0 radical (unpaired) electrons. The second kappa shape index (κ2) is 11.1. The molecule has 17 heteroatoms. The summed E-state index contributed by atoms with van der Waals surface area (Å²) >= 11 is -2.82. The second-order valence-corrected chi connectivity index (χ2v) is 10.9. The summed E-state index contributed by atoms with van der Waals surface area (Å²) in [7, 11) is -4.73. The van der Waals surface area contributed by atoms with Crippen molar-refractivity contribution in [3.63, 3.8) is 0 Å². The van der Waals surface area contributed by atoms with Gasteiger partial charge in [0.25, 0.3) is 21.3 Å². The third-order valence-electron chi connectivity index (χ3n) is 5.56. The zero-order valence-corrected chi connectivity index (χ0v) is 21.6. The lowest BCUT2D eigenvalue weighted by Crippen LogP contribution is -2.46. The van der Waals surface area contributed by atoms with E-state index in [9.17, 15) is 39.9 Å². The average Bonchev–Trinajstić information content (AvgIpc) is 2.88. The molecule has 0 saturated carbocycles. The van der Waals surface area contributed by atoms with E-state index in [4.69, 9.17) is 9.84 Å². The standard InChI is InChI=1S/C23H19F3N4O8S2/c24-23(25,26)14-3-1-5-18(9-14)40(36,37)29-13-17(38-20-7-6-15(10-19(20)29)28-22(32)33)11-21(31)30(39(34)35)16-4-2-8-27-12-16/h1-10,12,17,28H,11,13H2,(H,32,33)(H,34,35). The maximum Gasteiger partial charge on any atom is 0.416 e. The van der Waals surface area contributed by atoms with Gasteiger partial charge in [-0.05, 0) is 48.5 Å². The van der Waals surface area contributed by atoms with Gasteiger partial charge in [0.15, 0.2) is 0 Å². The second-order valence-electron chi connectivity index (χ2n) is 8.25. The lowest BCUT2D eigenvalue weighted by atomic mass is 10.1. The van der Waals surface area contributed by atoms with Crippen molar-refractivity contribution in [3.8, 4) is 5.75 Å². The van der Waals surface area contributed by atoms with E-state index in [2.05, 4.69) is 4.98 Å². The van der Waals surface area contributed by atoms with E-state index in [1.807, 2.05) is 5.32 Å². The van der Waals surface area contributed by atoms with E-state index >= 15 is 0 Å². The first kappa shape index (κ1) is 28.8. The monoisotopic (exact) mass is 600 g/mol. The fourth-order valence-corrected chi connectivity index (χ4v) is 5.96. The summed E-state index contributed by atoms with van der Waals surface area (Å²) in [6.07, 6.45) is -5.65. The summed E-state index contributed by atoms with van der Waals surface area (Å²) in [5, 5.41) is 11.1. The Hall–Kier alpha value is -4.22. The van der Waals surface area contributed by atoms with Gasteiger partial charge in [0.1, 0.15) is 11.9 Å². The topological polar surface area (TPSA) is 166 Å². The number of carbonyl (C=O) groups is 2. The number of sulfonamides is 1. The van der Waals surface area contributed by atoms with Crippen LogP contribution in [-0.2, 0) is 32.3 Å². The Balaban J connectivity index is 1.74. The maximum atomic E-state index is 13.6. The van der Waals surface area contributed by atoms with E-state index in [0.29, 0.717) is 20.7 Å². The fourth-order valence-electron chi connectivity index (χ4n) is 3.88. The van der Waals surface area contributed by atoms with Crippen LogP contribution in [-0.4, -0.2) is 51.9 Å². The molecule has 212 valence electrons. The normalized spacial score (nSPS) is 15.9. The van der Waals surface area contributed by atoms with Crippen LogP contribution in [0.25, 0.3) is 0 Å². The number of nitrogens with zero attached hydrogens (tertiary/aromatic N) is 3. The number of amides is 2. The van der Waals surface area contributed by atoms with Crippen molar-refractivity contribution in [2.24, 2.45) is 0 Å². The van der Waals surface area contributed by atoms with Crippen molar-refractivity contribution in [1.82, 2.24) is 4.98 Å². The number of nitrogens with one attached hydrogen (secondary N) is 1. The molecule has 4 rings (SSSR count). The number of carbonyl (C=O) groups excluding carboxylic acids is 1. The quantitative estimate of drug-likeness (QED) is 0.343. The Bertz CT molecular complexity index is 1570. The van der Waals surface area contributed by atoms with Crippen LogP contribution in [0, 0.1) is 0 Å². The molecule has 2 amide bonds. The molecule has 12 nitrogen and oxygen atoms in total. The molecule has 3 N–H and O–H groups in total. The number of ether oxygens (including phenoxy) is 1. The average molecular weight is 601 g/mol. The number of benzene rings is 2. The van der Waals surface area contributed by atoms with Gasteiger partial charge in [-0.3, -0.25) is 24.0 Å². The predicted octanol–water partition coefficient (Wildman–Crippen LogP) is 3.71. The number of carboxylic acid groups (broad SMARTS) is 1. The van der Waals surface area contributed by atoms with Gasteiger partial charge in [0.05, 0.1) is 41.0 Å². The van der Waals surface area contributed by atoms with Gasteiger partial charge in [-0.15, -0.1) is 0 Å². The van der Waals surface area contributed by atoms with E-state index < -0.39 is 69.0 Å². The fraction of sp³-hybridized carbons (Fsp3) is 0.174. The van der Waals surface area contributed by atoms with Crippen LogP contribution < -0.4 is 18.7 Å². The van der Waals surface area contributed by atoms with Crippen molar-refractivity contribution in [2.45, 2.75) is 23.6 Å². The summed E-state index contributed by atoms with van der Waals surface area (Å²) in [6.45, 7) is -0.604. The lowest BCUT2D eigenvalue weighted by Gasteiger charge is -2.36. The van der Waals surface area contributed by atoms with Gasteiger partial charge in [0, 0.05) is 11.9 Å². The molecule has 2 aromatic carbocycles. The van der Waals surface area contributed by atoms with Crippen LogP contribution >= 0.6 is 0 Å². The Kier molecular flexibility index (Phi) is 7.99. The zero-order chi connectivity index (χ0) is 29.2. The minimum Gasteiger partial charge on any atom is -0.486 e. The number of pyridine rings is 1. The number of alkyl halides is 3. The summed E-state index contributed by atoms with van der Waals surface area (Å²) in [5.41, 5.74) is -1.51. The van der Waals surface area contributed by atoms with Gasteiger partial charge < -0.3 is 9.84 Å². The van der Waals surface area contributed by atoms with Crippen LogP contribution in [0.5, 0.6) is 5.75 Å². The molecule has 0 spiro atoms. The van der Waals surface area contributed by atoms with Crippen molar-refractivity contribution in [1.29, 1.82) is 0 Å². The molecule has 0 aliphatic carbocycles. The first-order valence-electron chi connectivity index (χ1n) is 11.1. The highest BCUT2D eigenvalue weighted by Crippen LogP contribution is 2.40. The maximum absolute atomic E-state index is 13.6. The smallest absolute Gasteiger partial charge is 0.416 e. The van der Waals surface area contributed by atoms with E-state index in [-0.39, 0.29) is 22.8 Å². The molecule has 2 atom stereocenters. The number of fused-ring (bicyclic) bond motifs is 1. The van der Waals surface area contributed by atoms with E-state index in [1.54, 1.807) is 0 Å². The number of anilines is 3. The number of halogens is 3. The van der Waals surface area contributed by atoms with Crippen LogP contribution in [0.1, 0.15) is 12.0 Å². The van der Waals surface area contributed by atoms with Gasteiger partial charge >= 0.3 is 12.3 Å². The highest BCUT2D eigenvalue weighted by atomic mass is 32.2. The molecule has 1 aliphatic rings. The summed E-state index contributed by atoms with van der Waals surface area (Å²) in [4.78, 5) is 27.2. The minimum absolute atomic E-state index is 0.0256. The zero-order valence-electron chi connectivity index (χ0n) is 20.0. The molecule has 1 aromatic heterocycles. The molecule has 2 unspecified atom stereocenters. The summed E-state index contributed by atoms with van der Waals surface area (Å²) in [6, 6.07) is 9.36. The predicted molar refractivity (Wildman–Crippen MR) is 136 cm³/mol. The van der Waals surface area contributed by atoms with E-state index in [0.717, 1.165) is 24.4 Å². The number of hydrogen-bond acceptors (Lipinski definition) is 7. The van der Waals surface area contributed by atoms with Gasteiger partial charge in [-0.1, -0.05) is 6.07 Å². The van der Waals surface area contributed by atoms with Crippen molar-refractivity contribution in [3.05, 3.63) is 72.6 Å². The third-order valence-corrected chi connectivity index (χ3v) is 8.06. The number of hydrogen-bond donors (Lipinski definition) is 3. The summed E-state index contributed by atoms with van der Waals surface area (Å²) in [5.74, 6) is -1.07.